The van der Waals surface area contributed by atoms with E-state index in [0.717, 1.165) is 28.6 Å². The number of rotatable bonds is 5. The minimum absolute atomic E-state index is 0.441. The highest BCUT2D eigenvalue weighted by Crippen LogP contribution is 2.26. The molecule has 24 heavy (non-hydrogen) atoms. The van der Waals surface area contributed by atoms with Gasteiger partial charge in [-0.3, -0.25) is 9.36 Å². The SMILES string of the molecule is Cc1ccc(-n2cnnc2S[C@@H](C)C(=O)NCC(F)(F)F)c(C)c1. The Bertz CT molecular complexity index is 730. The zero-order valence-electron chi connectivity index (χ0n) is 13.4. The zero-order chi connectivity index (χ0) is 17.9. The van der Waals surface area contributed by atoms with Crippen LogP contribution in [0, 0.1) is 13.8 Å². The summed E-state index contributed by atoms with van der Waals surface area (Å²) >= 11 is 1.05. The van der Waals surface area contributed by atoms with Gasteiger partial charge in [-0.25, -0.2) is 0 Å². The van der Waals surface area contributed by atoms with Crippen molar-refractivity contribution in [1.82, 2.24) is 20.1 Å². The number of nitrogens with zero attached hydrogens (tertiary/aromatic N) is 3. The van der Waals surface area contributed by atoms with Gasteiger partial charge in [0.05, 0.1) is 10.9 Å². The second-order valence-electron chi connectivity index (χ2n) is 5.37. The summed E-state index contributed by atoms with van der Waals surface area (Å²) in [5.41, 5.74) is 2.97. The molecule has 2 rings (SSSR count). The van der Waals surface area contributed by atoms with E-state index in [1.54, 1.807) is 4.57 Å². The Kier molecular flexibility index (Phi) is 5.53. The van der Waals surface area contributed by atoms with Crippen LogP contribution in [0.2, 0.25) is 0 Å². The zero-order valence-corrected chi connectivity index (χ0v) is 14.2. The molecule has 0 spiro atoms. The van der Waals surface area contributed by atoms with E-state index in [0.29, 0.717) is 5.16 Å². The van der Waals surface area contributed by atoms with Crippen LogP contribution in [0.5, 0.6) is 0 Å². The van der Waals surface area contributed by atoms with Crippen molar-refractivity contribution in [1.29, 1.82) is 0 Å². The standard InChI is InChI=1S/C15H17F3N4OS/c1-9-4-5-12(10(2)6-9)22-8-20-21-14(22)24-11(3)13(23)19-7-15(16,17)18/h4-6,8,11H,7H2,1-3H3,(H,19,23)/t11-/m0/s1. The molecule has 0 unspecified atom stereocenters. The number of halogens is 3. The first-order chi connectivity index (χ1) is 11.2. The monoisotopic (exact) mass is 358 g/mol. The first-order valence-electron chi connectivity index (χ1n) is 7.16. The number of alkyl halides is 3. The van der Waals surface area contributed by atoms with Gasteiger partial charge in [0.1, 0.15) is 12.9 Å². The van der Waals surface area contributed by atoms with Gasteiger partial charge in [-0.15, -0.1) is 10.2 Å². The molecule has 1 heterocycles. The summed E-state index contributed by atoms with van der Waals surface area (Å²) in [6.45, 7) is 4.10. The number of benzene rings is 1. The second-order valence-corrected chi connectivity index (χ2v) is 6.67. The van der Waals surface area contributed by atoms with Crippen LogP contribution in [0.15, 0.2) is 29.7 Å². The summed E-state index contributed by atoms with van der Waals surface area (Å²) in [6, 6.07) is 5.85. The van der Waals surface area contributed by atoms with Crippen molar-refractivity contribution in [2.45, 2.75) is 37.4 Å². The third-order valence-corrected chi connectivity index (χ3v) is 4.30. The quantitative estimate of drug-likeness (QED) is 0.835. The van der Waals surface area contributed by atoms with E-state index in [9.17, 15) is 18.0 Å². The fraction of sp³-hybridized carbons (Fsp3) is 0.400. The molecule has 0 saturated carbocycles. The lowest BCUT2D eigenvalue weighted by atomic mass is 10.1. The number of thioether (sulfide) groups is 1. The lowest BCUT2D eigenvalue weighted by Crippen LogP contribution is -2.38. The Morgan fingerprint density at radius 1 is 1.38 bits per heavy atom. The summed E-state index contributed by atoms with van der Waals surface area (Å²) < 4.78 is 38.2. The van der Waals surface area contributed by atoms with Crippen molar-refractivity contribution in [3.8, 4) is 5.69 Å². The van der Waals surface area contributed by atoms with E-state index in [2.05, 4.69) is 10.2 Å². The van der Waals surface area contributed by atoms with Crippen LogP contribution in [-0.2, 0) is 4.79 Å². The number of carbonyl (C=O) groups is 1. The molecule has 0 saturated heterocycles. The highest BCUT2D eigenvalue weighted by atomic mass is 32.2. The number of carbonyl (C=O) groups excluding carboxylic acids is 1. The molecule has 1 atom stereocenters. The molecule has 0 aliphatic heterocycles. The molecule has 9 heteroatoms. The fourth-order valence-electron chi connectivity index (χ4n) is 2.09. The maximum Gasteiger partial charge on any atom is 0.405 e. The van der Waals surface area contributed by atoms with Crippen molar-refractivity contribution in [2.75, 3.05) is 6.54 Å². The van der Waals surface area contributed by atoms with Gasteiger partial charge in [0.15, 0.2) is 5.16 Å². The molecule has 0 radical (unpaired) electrons. The summed E-state index contributed by atoms with van der Waals surface area (Å²) in [6.07, 6.45) is -2.92. The Morgan fingerprint density at radius 3 is 2.71 bits per heavy atom. The van der Waals surface area contributed by atoms with Gasteiger partial charge >= 0.3 is 6.18 Å². The molecule has 0 aliphatic carbocycles. The van der Waals surface area contributed by atoms with Crippen LogP contribution in [-0.4, -0.2) is 38.6 Å². The van der Waals surface area contributed by atoms with Gasteiger partial charge in [-0.05, 0) is 32.4 Å². The Hall–Kier alpha value is -2.03. The predicted octanol–water partition coefficient (Wildman–Crippen LogP) is 3.04. The van der Waals surface area contributed by atoms with Gasteiger partial charge < -0.3 is 5.32 Å². The van der Waals surface area contributed by atoms with E-state index in [1.165, 1.54) is 13.3 Å². The lowest BCUT2D eigenvalue weighted by molar-refractivity contribution is -0.137. The molecule has 1 aromatic heterocycles. The number of amides is 1. The number of hydrogen-bond donors (Lipinski definition) is 1. The van der Waals surface area contributed by atoms with Crippen LogP contribution in [0.4, 0.5) is 13.2 Å². The molecule has 0 bridgehead atoms. The first-order valence-corrected chi connectivity index (χ1v) is 8.04. The van der Waals surface area contributed by atoms with E-state index < -0.39 is 23.9 Å². The lowest BCUT2D eigenvalue weighted by Gasteiger charge is -2.14. The Labute approximate surface area is 141 Å². The molecule has 5 nitrogen and oxygen atoms in total. The highest BCUT2D eigenvalue weighted by molar-refractivity contribution is 8.00. The van der Waals surface area contributed by atoms with Gasteiger partial charge in [0.2, 0.25) is 5.91 Å². The molecule has 2 aromatic rings. The van der Waals surface area contributed by atoms with Gasteiger partial charge in [0, 0.05) is 0 Å². The molecule has 1 N–H and O–H groups in total. The molecule has 1 amide bonds. The van der Waals surface area contributed by atoms with Crippen molar-refractivity contribution in [2.24, 2.45) is 0 Å². The van der Waals surface area contributed by atoms with Crippen LogP contribution in [0.3, 0.4) is 0 Å². The maximum absolute atomic E-state index is 12.2. The topological polar surface area (TPSA) is 59.8 Å². The number of aromatic nitrogens is 3. The van der Waals surface area contributed by atoms with Crippen molar-refractivity contribution < 1.29 is 18.0 Å². The molecule has 0 fully saturated rings. The average Bonchev–Trinajstić information content (AvgIpc) is 2.92. The fourth-order valence-corrected chi connectivity index (χ4v) is 2.95. The summed E-state index contributed by atoms with van der Waals surface area (Å²) in [5, 5.41) is 9.38. The first kappa shape index (κ1) is 18.3. The smallest absolute Gasteiger partial charge is 0.346 e. The average molecular weight is 358 g/mol. The molecule has 130 valence electrons. The van der Waals surface area contributed by atoms with Crippen LogP contribution in [0.1, 0.15) is 18.1 Å². The number of nitrogens with one attached hydrogen (secondary N) is 1. The highest BCUT2D eigenvalue weighted by Gasteiger charge is 2.29. The molecule has 1 aromatic carbocycles. The van der Waals surface area contributed by atoms with E-state index in [4.69, 9.17) is 0 Å². The van der Waals surface area contributed by atoms with Crippen LogP contribution < -0.4 is 5.32 Å². The van der Waals surface area contributed by atoms with Gasteiger partial charge in [-0.2, -0.15) is 13.2 Å². The third kappa shape index (κ3) is 4.73. The largest absolute Gasteiger partial charge is 0.405 e. The number of hydrogen-bond acceptors (Lipinski definition) is 4. The van der Waals surface area contributed by atoms with Crippen LogP contribution >= 0.6 is 11.8 Å². The molecular formula is C15H17F3N4OS. The third-order valence-electron chi connectivity index (χ3n) is 3.24. The predicted molar refractivity (Wildman–Crippen MR) is 85.2 cm³/mol. The second kappa shape index (κ2) is 7.25. The Balaban J connectivity index is 2.11. The maximum atomic E-state index is 12.2. The van der Waals surface area contributed by atoms with E-state index in [1.807, 2.05) is 37.4 Å². The molecular weight excluding hydrogens is 341 g/mol. The van der Waals surface area contributed by atoms with Gasteiger partial charge in [-0.1, -0.05) is 29.5 Å². The normalized spacial score (nSPS) is 12.9. The van der Waals surface area contributed by atoms with Crippen molar-refractivity contribution >= 4 is 17.7 Å². The minimum Gasteiger partial charge on any atom is -0.346 e. The Morgan fingerprint density at radius 2 is 2.08 bits per heavy atom. The summed E-state index contributed by atoms with van der Waals surface area (Å²) in [5.74, 6) is -0.701. The van der Waals surface area contributed by atoms with Crippen molar-refractivity contribution in [3.05, 3.63) is 35.7 Å². The summed E-state index contributed by atoms with van der Waals surface area (Å²) in [7, 11) is 0. The van der Waals surface area contributed by atoms with Crippen LogP contribution in [0.25, 0.3) is 5.69 Å². The van der Waals surface area contributed by atoms with Crippen molar-refractivity contribution in [3.63, 3.8) is 0 Å². The molecule has 0 aliphatic rings. The minimum atomic E-state index is -4.43. The van der Waals surface area contributed by atoms with E-state index >= 15 is 0 Å². The van der Waals surface area contributed by atoms with Gasteiger partial charge in [0.25, 0.3) is 0 Å². The summed E-state index contributed by atoms with van der Waals surface area (Å²) in [4.78, 5) is 11.8. The van der Waals surface area contributed by atoms with E-state index in [-0.39, 0.29) is 0 Å². The number of aryl methyl sites for hydroxylation is 2.